The van der Waals surface area contributed by atoms with E-state index >= 15 is 0 Å². The van der Waals surface area contributed by atoms with Crippen molar-refractivity contribution in [2.45, 2.75) is 64.8 Å². The number of aliphatic hydroxyl groups is 1. The van der Waals surface area contributed by atoms with Gasteiger partial charge < -0.3 is 5.11 Å². The number of likely N-dealkylation sites (N-methyl/N-ethyl adjacent to an activating group) is 1. The molecular formula is C12H26N2O. The Labute approximate surface area is 93.9 Å². The first-order valence-electron chi connectivity index (χ1n) is 6.08. The van der Waals surface area contributed by atoms with Gasteiger partial charge in [-0.2, -0.15) is 0 Å². The van der Waals surface area contributed by atoms with Crippen molar-refractivity contribution in [2.75, 3.05) is 13.1 Å². The standard InChI is InChI=1S/C12H26N2O/c1-6-14(7-2)12(9-8-10(12)15)13-11(3,4)5/h10,13,15H,6-9H2,1-5H3. The molecule has 2 unspecified atom stereocenters. The molecule has 0 bridgehead atoms. The third kappa shape index (κ3) is 2.52. The lowest BCUT2D eigenvalue weighted by Crippen LogP contribution is -2.74. The number of aliphatic hydroxyl groups excluding tert-OH is 1. The van der Waals surface area contributed by atoms with Crippen LogP contribution in [0, 0.1) is 0 Å². The van der Waals surface area contributed by atoms with Crippen molar-refractivity contribution < 1.29 is 5.11 Å². The molecule has 0 aromatic heterocycles. The minimum atomic E-state index is -0.225. The summed E-state index contributed by atoms with van der Waals surface area (Å²) in [5, 5.41) is 13.6. The van der Waals surface area contributed by atoms with Gasteiger partial charge in [0.25, 0.3) is 0 Å². The second-order valence-corrected chi connectivity index (χ2v) is 5.53. The number of rotatable bonds is 4. The molecule has 0 amide bonds. The summed E-state index contributed by atoms with van der Waals surface area (Å²) in [7, 11) is 0. The first-order valence-corrected chi connectivity index (χ1v) is 6.08. The first kappa shape index (κ1) is 12.9. The molecule has 2 atom stereocenters. The largest absolute Gasteiger partial charge is 0.390 e. The first-order chi connectivity index (χ1) is 6.85. The normalized spacial score (nSPS) is 31.8. The van der Waals surface area contributed by atoms with Crippen LogP contribution >= 0.6 is 0 Å². The quantitative estimate of drug-likeness (QED) is 0.697. The van der Waals surface area contributed by atoms with Crippen LogP contribution in [0.25, 0.3) is 0 Å². The highest BCUT2D eigenvalue weighted by Gasteiger charge is 2.50. The molecule has 0 radical (unpaired) electrons. The Morgan fingerprint density at radius 3 is 2.07 bits per heavy atom. The van der Waals surface area contributed by atoms with E-state index in [4.69, 9.17) is 0 Å². The van der Waals surface area contributed by atoms with Gasteiger partial charge in [-0.1, -0.05) is 13.8 Å². The monoisotopic (exact) mass is 214 g/mol. The summed E-state index contributed by atoms with van der Waals surface area (Å²) < 4.78 is 0. The average molecular weight is 214 g/mol. The molecule has 0 aromatic carbocycles. The maximum Gasteiger partial charge on any atom is 0.0983 e. The van der Waals surface area contributed by atoms with Crippen LogP contribution in [-0.4, -0.2) is 40.4 Å². The Bertz CT molecular complexity index is 208. The number of nitrogens with one attached hydrogen (secondary N) is 1. The van der Waals surface area contributed by atoms with Crippen molar-refractivity contribution in [2.24, 2.45) is 0 Å². The second-order valence-electron chi connectivity index (χ2n) is 5.53. The predicted octanol–water partition coefficient (Wildman–Crippen LogP) is 1.57. The number of hydrogen-bond donors (Lipinski definition) is 2. The molecule has 1 aliphatic rings. The highest BCUT2D eigenvalue weighted by molar-refractivity contribution is 5.05. The lowest BCUT2D eigenvalue weighted by atomic mass is 9.78. The zero-order chi connectivity index (χ0) is 11.7. The van der Waals surface area contributed by atoms with E-state index < -0.39 is 0 Å². The van der Waals surface area contributed by atoms with Crippen LogP contribution in [0.15, 0.2) is 0 Å². The van der Waals surface area contributed by atoms with Gasteiger partial charge >= 0.3 is 0 Å². The summed E-state index contributed by atoms with van der Waals surface area (Å²) in [6.07, 6.45) is 1.74. The maximum atomic E-state index is 10.0. The van der Waals surface area contributed by atoms with Gasteiger partial charge in [0, 0.05) is 5.54 Å². The summed E-state index contributed by atoms with van der Waals surface area (Å²) in [6.45, 7) is 12.7. The maximum absolute atomic E-state index is 10.0. The molecule has 1 aliphatic carbocycles. The predicted molar refractivity (Wildman–Crippen MR) is 63.8 cm³/mol. The van der Waals surface area contributed by atoms with E-state index in [-0.39, 0.29) is 17.3 Å². The fourth-order valence-corrected chi connectivity index (χ4v) is 2.58. The molecule has 1 fully saturated rings. The Hall–Kier alpha value is -0.120. The fourth-order valence-electron chi connectivity index (χ4n) is 2.58. The van der Waals surface area contributed by atoms with Gasteiger partial charge in [0.2, 0.25) is 0 Å². The molecule has 3 heteroatoms. The molecule has 1 rings (SSSR count). The lowest BCUT2D eigenvalue weighted by Gasteiger charge is -2.56. The molecular weight excluding hydrogens is 188 g/mol. The molecule has 2 N–H and O–H groups in total. The van der Waals surface area contributed by atoms with Gasteiger partial charge in [-0.25, -0.2) is 0 Å². The van der Waals surface area contributed by atoms with Crippen LogP contribution in [0.5, 0.6) is 0 Å². The van der Waals surface area contributed by atoms with Gasteiger partial charge in [-0.05, 0) is 46.7 Å². The molecule has 15 heavy (non-hydrogen) atoms. The van der Waals surface area contributed by atoms with Crippen LogP contribution in [-0.2, 0) is 0 Å². The van der Waals surface area contributed by atoms with E-state index in [9.17, 15) is 5.11 Å². The van der Waals surface area contributed by atoms with Crippen LogP contribution in [0.1, 0.15) is 47.5 Å². The van der Waals surface area contributed by atoms with E-state index in [1.165, 1.54) is 0 Å². The molecule has 3 nitrogen and oxygen atoms in total. The molecule has 0 aliphatic heterocycles. The van der Waals surface area contributed by atoms with Crippen molar-refractivity contribution in [1.82, 2.24) is 10.2 Å². The van der Waals surface area contributed by atoms with Crippen LogP contribution in [0.3, 0.4) is 0 Å². The average Bonchev–Trinajstić information content (AvgIpc) is 2.14. The lowest BCUT2D eigenvalue weighted by molar-refractivity contribution is -0.132. The summed E-state index contributed by atoms with van der Waals surface area (Å²) >= 11 is 0. The van der Waals surface area contributed by atoms with E-state index in [2.05, 4.69) is 44.8 Å². The van der Waals surface area contributed by atoms with Gasteiger partial charge in [-0.15, -0.1) is 0 Å². The zero-order valence-corrected chi connectivity index (χ0v) is 10.8. The summed E-state index contributed by atoms with van der Waals surface area (Å²) in [5.41, 5.74) is -0.133. The van der Waals surface area contributed by atoms with Crippen LogP contribution in [0.4, 0.5) is 0 Å². The van der Waals surface area contributed by atoms with Crippen molar-refractivity contribution in [3.05, 3.63) is 0 Å². The summed E-state index contributed by atoms with van der Waals surface area (Å²) in [4.78, 5) is 2.34. The van der Waals surface area contributed by atoms with Crippen molar-refractivity contribution in [3.8, 4) is 0 Å². The zero-order valence-electron chi connectivity index (χ0n) is 10.8. The van der Waals surface area contributed by atoms with Crippen molar-refractivity contribution in [3.63, 3.8) is 0 Å². The van der Waals surface area contributed by atoms with Crippen LogP contribution < -0.4 is 5.32 Å². The third-order valence-corrected chi connectivity index (χ3v) is 3.27. The second kappa shape index (κ2) is 4.40. The van der Waals surface area contributed by atoms with Gasteiger partial charge in [-0.3, -0.25) is 10.2 Å². The Kier molecular flexibility index (Phi) is 3.80. The van der Waals surface area contributed by atoms with E-state index in [0.29, 0.717) is 0 Å². The minimum Gasteiger partial charge on any atom is -0.390 e. The SMILES string of the molecule is CCN(CC)C1(NC(C)(C)C)CCC1O. The summed E-state index contributed by atoms with van der Waals surface area (Å²) in [6, 6.07) is 0. The van der Waals surface area contributed by atoms with Crippen molar-refractivity contribution >= 4 is 0 Å². The van der Waals surface area contributed by atoms with Crippen LogP contribution in [0.2, 0.25) is 0 Å². The van der Waals surface area contributed by atoms with Gasteiger partial charge in [0.1, 0.15) is 0 Å². The fraction of sp³-hybridized carbons (Fsp3) is 1.00. The Morgan fingerprint density at radius 2 is 1.87 bits per heavy atom. The van der Waals surface area contributed by atoms with E-state index in [1.807, 2.05) is 0 Å². The van der Waals surface area contributed by atoms with E-state index in [0.717, 1.165) is 25.9 Å². The van der Waals surface area contributed by atoms with Gasteiger partial charge in [0.05, 0.1) is 11.8 Å². The van der Waals surface area contributed by atoms with Crippen molar-refractivity contribution in [1.29, 1.82) is 0 Å². The smallest absolute Gasteiger partial charge is 0.0983 e. The Balaban J connectivity index is 2.79. The van der Waals surface area contributed by atoms with E-state index in [1.54, 1.807) is 0 Å². The summed E-state index contributed by atoms with van der Waals surface area (Å²) in [5.74, 6) is 0. The molecule has 0 saturated heterocycles. The molecule has 1 saturated carbocycles. The molecule has 0 spiro atoms. The molecule has 0 heterocycles. The highest BCUT2D eigenvalue weighted by Crippen LogP contribution is 2.37. The minimum absolute atomic E-state index is 0.0456. The topological polar surface area (TPSA) is 35.5 Å². The molecule has 0 aromatic rings. The number of hydrogen-bond acceptors (Lipinski definition) is 3. The molecule has 90 valence electrons. The third-order valence-electron chi connectivity index (χ3n) is 3.27. The number of nitrogens with zero attached hydrogens (tertiary/aromatic N) is 1. The Morgan fingerprint density at radius 1 is 1.33 bits per heavy atom. The van der Waals surface area contributed by atoms with Gasteiger partial charge in [0.15, 0.2) is 0 Å². The highest BCUT2D eigenvalue weighted by atomic mass is 16.3.